The van der Waals surface area contributed by atoms with Gasteiger partial charge in [0.25, 0.3) is 0 Å². The first-order valence-electron chi connectivity index (χ1n) is 8.85. The van der Waals surface area contributed by atoms with Crippen molar-refractivity contribution in [1.82, 2.24) is 9.97 Å². The fourth-order valence-corrected chi connectivity index (χ4v) is 3.39. The quantitative estimate of drug-likeness (QED) is 0.389. The number of ether oxygens (including phenoxy) is 1. The molecular weight excluding hydrogens is 334 g/mol. The van der Waals surface area contributed by atoms with Crippen LogP contribution in [0, 0.1) is 6.92 Å². The monoisotopic (exact) mass is 351 g/mol. The highest BCUT2D eigenvalue weighted by Gasteiger charge is 2.29. The van der Waals surface area contributed by atoms with Crippen LogP contribution in [0.3, 0.4) is 0 Å². The molecule has 0 saturated heterocycles. The van der Waals surface area contributed by atoms with Crippen LogP contribution in [0.15, 0.2) is 85.2 Å². The molecule has 1 aliphatic heterocycles. The number of pyridine rings is 2. The van der Waals surface area contributed by atoms with Gasteiger partial charge in [-0.2, -0.15) is 0 Å². The number of rotatable bonds is 2. The molecule has 5 rings (SSSR count). The molecule has 0 unspecified atom stereocenters. The molecule has 4 aromatic rings. The Morgan fingerprint density at radius 3 is 2.44 bits per heavy atom. The minimum absolute atomic E-state index is 0.722. The topological polar surface area (TPSA) is 38.3 Å². The number of hydrogen-bond donors (Lipinski definition) is 0. The summed E-state index contributed by atoms with van der Waals surface area (Å²) in [6, 6.07) is 24.5. The van der Waals surface area contributed by atoms with E-state index in [2.05, 4.69) is 45.2 Å². The summed E-state index contributed by atoms with van der Waals surface area (Å²) in [5, 5.41) is 0. The van der Waals surface area contributed by atoms with Crippen LogP contribution in [-0.4, -0.2) is 9.97 Å². The standard InChI is InChI=1S/C23H17N3O/c1-16-14-21-23(25-15-16)26(22-20(27-21)12-7-13-24-22)19-11-6-5-10-18(19)17-8-3-2-4-9-17/h2-15H,1H3. The molecule has 0 aliphatic carbocycles. The van der Waals surface area contributed by atoms with E-state index in [1.807, 2.05) is 55.6 Å². The van der Waals surface area contributed by atoms with Crippen LogP contribution in [0.25, 0.3) is 11.1 Å². The van der Waals surface area contributed by atoms with Crippen molar-refractivity contribution < 1.29 is 4.74 Å². The van der Waals surface area contributed by atoms with Gasteiger partial charge in [-0.3, -0.25) is 4.90 Å². The van der Waals surface area contributed by atoms with E-state index < -0.39 is 0 Å². The van der Waals surface area contributed by atoms with Crippen LogP contribution in [0.1, 0.15) is 5.56 Å². The zero-order valence-electron chi connectivity index (χ0n) is 14.8. The summed E-state index contributed by atoms with van der Waals surface area (Å²) in [5.41, 5.74) is 4.33. The molecule has 0 spiro atoms. The first-order chi connectivity index (χ1) is 13.3. The molecule has 0 amide bonds. The highest BCUT2D eigenvalue weighted by molar-refractivity contribution is 5.90. The van der Waals surface area contributed by atoms with Crippen molar-refractivity contribution in [3.05, 3.63) is 90.8 Å². The third-order valence-electron chi connectivity index (χ3n) is 4.59. The van der Waals surface area contributed by atoms with E-state index in [0.29, 0.717) is 0 Å². The Morgan fingerprint density at radius 2 is 1.56 bits per heavy atom. The van der Waals surface area contributed by atoms with Crippen LogP contribution in [0.4, 0.5) is 17.3 Å². The smallest absolute Gasteiger partial charge is 0.182 e. The van der Waals surface area contributed by atoms with Gasteiger partial charge < -0.3 is 4.74 Å². The Kier molecular flexibility index (Phi) is 3.61. The Labute approximate surface area is 157 Å². The third-order valence-corrected chi connectivity index (χ3v) is 4.59. The molecule has 0 saturated carbocycles. The SMILES string of the molecule is Cc1cnc2c(c1)Oc1cccnc1N2c1ccccc1-c1ccccc1. The normalized spacial score (nSPS) is 12.1. The summed E-state index contributed by atoms with van der Waals surface area (Å²) in [5.74, 6) is 2.94. The zero-order chi connectivity index (χ0) is 18.2. The number of aryl methyl sites for hydroxylation is 1. The van der Waals surface area contributed by atoms with Gasteiger partial charge >= 0.3 is 0 Å². The van der Waals surface area contributed by atoms with Crippen molar-refractivity contribution in [3.63, 3.8) is 0 Å². The van der Waals surface area contributed by atoms with Crippen LogP contribution in [0.2, 0.25) is 0 Å². The second-order valence-corrected chi connectivity index (χ2v) is 6.48. The molecule has 4 nitrogen and oxygen atoms in total. The lowest BCUT2D eigenvalue weighted by Crippen LogP contribution is -2.19. The molecule has 0 atom stereocenters. The molecule has 2 aromatic carbocycles. The van der Waals surface area contributed by atoms with E-state index in [-0.39, 0.29) is 0 Å². The van der Waals surface area contributed by atoms with Crippen LogP contribution in [0.5, 0.6) is 11.5 Å². The Morgan fingerprint density at radius 1 is 0.778 bits per heavy atom. The average molecular weight is 351 g/mol. The van der Waals surface area contributed by atoms with E-state index >= 15 is 0 Å². The predicted octanol–water partition coefficient (Wildman–Crippen LogP) is 6.03. The Hall–Kier alpha value is -3.66. The van der Waals surface area contributed by atoms with E-state index in [1.165, 1.54) is 0 Å². The Balaban J connectivity index is 1.78. The minimum atomic E-state index is 0.722. The second kappa shape index (κ2) is 6.25. The van der Waals surface area contributed by atoms with Crippen LogP contribution < -0.4 is 9.64 Å². The molecule has 2 aromatic heterocycles. The largest absolute Gasteiger partial charge is 0.450 e. The first-order valence-corrected chi connectivity index (χ1v) is 8.85. The second-order valence-electron chi connectivity index (χ2n) is 6.48. The van der Waals surface area contributed by atoms with Gasteiger partial charge in [0, 0.05) is 18.0 Å². The molecule has 130 valence electrons. The zero-order valence-corrected chi connectivity index (χ0v) is 14.8. The van der Waals surface area contributed by atoms with Gasteiger partial charge in [0.2, 0.25) is 0 Å². The molecule has 4 heteroatoms. The van der Waals surface area contributed by atoms with Gasteiger partial charge in [-0.25, -0.2) is 9.97 Å². The van der Waals surface area contributed by atoms with E-state index in [1.54, 1.807) is 6.20 Å². The molecular formula is C23H17N3O. The van der Waals surface area contributed by atoms with Gasteiger partial charge in [0.15, 0.2) is 23.1 Å². The first kappa shape index (κ1) is 15.6. The number of hydrogen-bond acceptors (Lipinski definition) is 4. The average Bonchev–Trinajstić information content (AvgIpc) is 2.72. The summed E-state index contributed by atoms with van der Waals surface area (Å²) in [7, 11) is 0. The Bertz CT molecular complexity index is 1130. The minimum Gasteiger partial charge on any atom is -0.450 e. The maximum absolute atomic E-state index is 6.09. The predicted molar refractivity (Wildman–Crippen MR) is 107 cm³/mol. The summed E-state index contributed by atoms with van der Waals surface area (Å²) in [6.07, 6.45) is 3.63. The molecule has 1 aliphatic rings. The highest BCUT2D eigenvalue weighted by atomic mass is 16.5. The number of anilines is 3. The van der Waals surface area contributed by atoms with Crippen molar-refractivity contribution in [3.8, 4) is 22.6 Å². The maximum atomic E-state index is 6.09. The van der Waals surface area contributed by atoms with Crippen molar-refractivity contribution in [2.24, 2.45) is 0 Å². The van der Waals surface area contributed by atoms with Crippen molar-refractivity contribution in [2.75, 3.05) is 4.90 Å². The van der Waals surface area contributed by atoms with Crippen LogP contribution >= 0.6 is 0 Å². The lowest BCUT2D eigenvalue weighted by Gasteiger charge is -2.31. The number of fused-ring (bicyclic) bond motifs is 2. The van der Waals surface area contributed by atoms with Gasteiger partial charge in [0.1, 0.15) is 0 Å². The number of para-hydroxylation sites is 1. The third kappa shape index (κ3) is 2.62. The molecule has 0 N–H and O–H groups in total. The molecule has 0 bridgehead atoms. The summed E-state index contributed by atoms with van der Waals surface area (Å²) in [6.45, 7) is 2.01. The number of benzene rings is 2. The van der Waals surface area contributed by atoms with Crippen molar-refractivity contribution in [1.29, 1.82) is 0 Å². The van der Waals surface area contributed by atoms with Crippen LogP contribution in [-0.2, 0) is 0 Å². The van der Waals surface area contributed by atoms with E-state index in [9.17, 15) is 0 Å². The van der Waals surface area contributed by atoms with Gasteiger partial charge in [-0.15, -0.1) is 0 Å². The molecule has 3 heterocycles. The molecule has 0 radical (unpaired) electrons. The summed E-state index contributed by atoms with van der Waals surface area (Å²) in [4.78, 5) is 11.3. The lowest BCUT2D eigenvalue weighted by atomic mass is 10.0. The van der Waals surface area contributed by atoms with Gasteiger partial charge in [0.05, 0.1) is 5.69 Å². The van der Waals surface area contributed by atoms with Gasteiger partial charge in [-0.1, -0.05) is 48.5 Å². The fraction of sp³-hybridized carbons (Fsp3) is 0.0435. The van der Waals surface area contributed by atoms with Gasteiger partial charge in [-0.05, 0) is 42.3 Å². The summed E-state index contributed by atoms with van der Waals surface area (Å²) >= 11 is 0. The van der Waals surface area contributed by atoms with Crippen molar-refractivity contribution in [2.45, 2.75) is 6.92 Å². The fourth-order valence-electron chi connectivity index (χ4n) is 3.39. The molecule has 0 fully saturated rings. The summed E-state index contributed by atoms with van der Waals surface area (Å²) < 4.78 is 6.09. The highest BCUT2D eigenvalue weighted by Crippen LogP contribution is 2.50. The van der Waals surface area contributed by atoms with Crippen molar-refractivity contribution >= 4 is 17.3 Å². The molecule has 27 heavy (non-hydrogen) atoms. The lowest BCUT2D eigenvalue weighted by molar-refractivity contribution is 0.470. The van der Waals surface area contributed by atoms with E-state index in [0.717, 1.165) is 45.5 Å². The maximum Gasteiger partial charge on any atom is 0.182 e. The number of aromatic nitrogens is 2. The number of nitrogens with zero attached hydrogens (tertiary/aromatic N) is 3. The van der Waals surface area contributed by atoms with E-state index in [4.69, 9.17) is 4.74 Å².